The summed E-state index contributed by atoms with van der Waals surface area (Å²) >= 11 is 0. The maximum atomic E-state index is 13.0. The van der Waals surface area contributed by atoms with Crippen molar-refractivity contribution in [2.24, 2.45) is 5.92 Å². The first-order valence-electron chi connectivity index (χ1n) is 11.2. The molecule has 4 rings (SSSR count). The zero-order valence-electron chi connectivity index (χ0n) is 17.5. The Balaban J connectivity index is 1.38. The summed E-state index contributed by atoms with van der Waals surface area (Å²) in [6.45, 7) is 7.81. The highest BCUT2D eigenvalue weighted by molar-refractivity contribution is 5.96. The minimum atomic E-state index is -0.101. The number of piperazine rings is 1. The molecule has 1 aliphatic heterocycles. The van der Waals surface area contributed by atoms with E-state index in [1.807, 2.05) is 24.3 Å². The lowest BCUT2D eigenvalue weighted by Crippen LogP contribution is -2.47. The van der Waals surface area contributed by atoms with Crippen LogP contribution in [0.25, 0.3) is 0 Å². The summed E-state index contributed by atoms with van der Waals surface area (Å²) in [5.41, 5.74) is 3.19. The summed E-state index contributed by atoms with van der Waals surface area (Å²) in [5.74, 6) is 0.945. The van der Waals surface area contributed by atoms with Gasteiger partial charge in [0, 0.05) is 44.1 Å². The van der Waals surface area contributed by atoms with Gasteiger partial charge in [0.05, 0.1) is 5.92 Å². The van der Waals surface area contributed by atoms with Crippen LogP contribution in [0.3, 0.4) is 0 Å². The maximum absolute atomic E-state index is 13.0. The quantitative estimate of drug-likeness (QED) is 0.706. The fourth-order valence-corrected chi connectivity index (χ4v) is 4.29. The Labute approximate surface area is 174 Å². The molecule has 1 amide bonds. The van der Waals surface area contributed by atoms with Crippen LogP contribution in [0, 0.1) is 5.92 Å². The third-order valence-corrected chi connectivity index (χ3v) is 6.16. The molecule has 29 heavy (non-hydrogen) atoms. The molecule has 1 aliphatic carbocycles. The third kappa shape index (κ3) is 5.39. The van der Waals surface area contributed by atoms with Crippen LogP contribution in [0.5, 0.6) is 0 Å². The van der Waals surface area contributed by atoms with Crippen LogP contribution < -0.4 is 10.2 Å². The number of hydrogen-bond acceptors (Lipinski definition) is 3. The minimum absolute atomic E-state index is 0.0875. The average Bonchev–Trinajstić information content (AvgIpc) is 3.57. The van der Waals surface area contributed by atoms with Crippen LogP contribution in [0.1, 0.15) is 44.1 Å². The zero-order chi connectivity index (χ0) is 20.1. The Hall–Kier alpha value is -2.33. The van der Waals surface area contributed by atoms with Crippen LogP contribution in [-0.4, -0.2) is 43.5 Å². The van der Waals surface area contributed by atoms with Gasteiger partial charge in [-0.3, -0.25) is 9.69 Å². The first kappa shape index (κ1) is 20.0. The lowest BCUT2D eigenvalue weighted by molar-refractivity contribution is -0.117. The average molecular weight is 392 g/mol. The molecule has 0 radical (unpaired) electrons. The van der Waals surface area contributed by atoms with Gasteiger partial charge in [-0.25, -0.2) is 0 Å². The van der Waals surface area contributed by atoms with Crippen molar-refractivity contribution < 1.29 is 4.79 Å². The summed E-state index contributed by atoms with van der Waals surface area (Å²) in [4.78, 5) is 18.1. The van der Waals surface area contributed by atoms with Crippen molar-refractivity contribution in [3.63, 3.8) is 0 Å². The number of carbonyl (C=O) groups is 1. The van der Waals surface area contributed by atoms with Crippen molar-refractivity contribution >= 4 is 17.3 Å². The number of amides is 1. The highest BCUT2D eigenvalue weighted by atomic mass is 16.1. The van der Waals surface area contributed by atoms with Gasteiger partial charge in [0.15, 0.2) is 0 Å². The van der Waals surface area contributed by atoms with Gasteiger partial charge in [0.25, 0.3) is 0 Å². The predicted octanol–water partition coefficient (Wildman–Crippen LogP) is 4.74. The Morgan fingerprint density at radius 2 is 1.79 bits per heavy atom. The Bertz CT molecular complexity index is 795. The molecule has 2 aromatic rings. The predicted molar refractivity (Wildman–Crippen MR) is 121 cm³/mol. The van der Waals surface area contributed by atoms with E-state index in [1.165, 1.54) is 25.1 Å². The van der Waals surface area contributed by atoms with E-state index in [-0.39, 0.29) is 11.8 Å². The Morgan fingerprint density at radius 3 is 2.48 bits per heavy atom. The first-order chi connectivity index (χ1) is 14.2. The molecule has 1 atom stereocenters. The second-order valence-electron chi connectivity index (χ2n) is 8.52. The number of anilines is 2. The van der Waals surface area contributed by atoms with Gasteiger partial charge >= 0.3 is 0 Å². The Morgan fingerprint density at radius 1 is 1.03 bits per heavy atom. The van der Waals surface area contributed by atoms with Crippen LogP contribution in [0.15, 0.2) is 54.6 Å². The molecule has 0 spiro atoms. The summed E-state index contributed by atoms with van der Waals surface area (Å²) in [5, 5.41) is 3.17. The molecule has 0 aromatic heterocycles. The van der Waals surface area contributed by atoms with Crippen molar-refractivity contribution in [1.29, 1.82) is 0 Å². The second kappa shape index (κ2) is 9.45. The Kier molecular flexibility index (Phi) is 6.50. The van der Waals surface area contributed by atoms with E-state index in [0.29, 0.717) is 0 Å². The fraction of sp³-hybridized carbons (Fsp3) is 0.480. The zero-order valence-corrected chi connectivity index (χ0v) is 17.5. The van der Waals surface area contributed by atoms with Crippen molar-refractivity contribution in [3.05, 3.63) is 60.2 Å². The van der Waals surface area contributed by atoms with Gasteiger partial charge in [-0.05, 0) is 48.9 Å². The van der Waals surface area contributed by atoms with Gasteiger partial charge in [0.2, 0.25) is 5.91 Å². The van der Waals surface area contributed by atoms with Crippen molar-refractivity contribution in [1.82, 2.24) is 4.90 Å². The van der Waals surface area contributed by atoms with Crippen molar-refractivity contribution in [3.8, 4) is 0 Å². The number of benzene rings is 2. The standard InChI is InChI=1S/C25H33N3O/c1-2-7-24(21-8-4-3-5-9-21)25(29)26-22-10-6-11-23(18-22)28-16-14-27(15-17-28)19-20-12-13-20/h3-6,8-11,18,20,24H,2,7,12-17,19H2,1H3,(H,26,29). The van der Waals surface area contributed by atoms with Gasteiger partial charge in [-0.1, -0.05) is 49.7 Å². The number of nitrogens with one attached hydrogen (secondary N) is 1. The lowest BCUT2D eigenvalue weighted by Gasteiger charge is -2.36. The van der Waals surface area contributed by atoms with Gasteiger partial charge < -0.3 is 10.2 Å². The van der Waals surface area contributed by atoms with Crippen LogP contribution in [0.4, 0.5) is 11.4 Å². The number of hydrogen-bond donors (Lipinski definition) is 1. The third-order valence-electron chi connectivity index (χ3n) is 6.16. The second-order valence-corrected chi connectivity index (χ2v) is 8.52. The molecular weight excluding hydrogens is 358 g/mol. The molecule has 1 heterocycles. The molecule has 1 saturated carbocycles. The van der Waals surface area contributed by atoms with E-state index < -0.39 is 0 Å². The molecule has 1 saturated heterocycles. The maximum Gasteiger partial charge on any atom is 0.231 e. The summed E-state index contributed by atoms with van der Waals surface area (Å²) in [7, 11) is 0. The monoisotopic (exact) mass is 391 g/mol. The van der Waals surface area contributed by atoms with Crippen molar-refractivity contribution in [2.75, 3.05) is 42.9 Å². The minimum Gasteiger partial charge on any atom is -0.369 e. The molecule has 4 nitrogen and oxygen atoms in total. The molecule has 0 bridgehead atoms. The van der Waals surface area contributed by atoms with Crippen molar-refractivity contribution in [2.45, 2.75) is 38.5 Å². The first-order valence-corrected chi connectivity index (χ1v) is 11.2. The smallest absolute Gasteiger partial charge is 0.231 e. The summed E-state index contributed by atoms with van der Waals surface area (Å²) in [6, 6.07) is 18.5. The van der Waals surface area contributed by atoms with Gasteiger partial charge in [-0.15, -0.1) is 0 Å². The molecule has 2 aromatic carbocycles. The number of carbonyl (C=O) groups excluding carboxylic acids is 1. The van der Waals surface area contributed by atoms with E-state index in [1.54, 1.807) is 0 Å². The highest BCUT2D eigenvalue weighted by Gasteiger charge is 2.26. The molecule has 154 valence electrons. The largest absolute Gasteiger partial charge is 0.369 e. The normalized spacial score (nSPS) is 18.4. The van der Waals surface area contributed by atoms with E-state index in [9.17, 15) is 4.79 Å². The fourth-order valence-electron chi connectivity index (χ4n) is 4.29. The number of rotatable bonds is 8. The lowest BCUT2D eigenvalue weighted by atomic mass is 9.93. The van der Waals surface area contributed by atoms with E-state index >= 15 is 0 Å². The molecule has 2 aliphatic rings. The summed E-state index contributed by atoms with van der Waals surface area (Å²) in [6.07, 6.45) is 4.69. The van der Waals surface area contributed by atoms with Crippen LogP contribution >= 0.6 is 0 Å². The molecule has 2 fully saturated rings. The number of nitrogens with zero attached hydrogens (tertiary/aromatic N) is 2. The molecule has 1 unspecified atom stereocenters. The molecular formula is C25H33N3O. The topological polar surface area (TPSA) is 35.6 Å². The van der Waals surface area contributed by atoms with E-state index in [2.05, 4.69) is 52.4 Å². The van der Waals surface area contributed by atoms with Crippen LogP contribution in [0.2, 0.25) is 0 Å². The highest BCUT2D eigenvalue weighted by Crippen LogP contribution is 2.30. The van der Waals surface area contributed by atoms with Gasteiger partial charge in [0.1, 0.15) is 0 Å². The van der Waals surface area contributed by atoms with E-state index in [0.717, 1.165) is 56.2 Å². The van der Waals surface area contributed by atoms with Gasteiger partial charge in [-0.2, -0.15) is 0 Å². The van der Waals surface area contributed by atoms with Crippen LogP contribution in [-0.2, 0) is 4.79 Å². The van der Waals surface area contributed by atoms with E-state index in [4.69, 9.17) is 0 Å². The molecule has 4 heteroatoms. The molecule has 1 N–H and O–H groups in total. The summed E-state index contributed by atoms with van der Waals surface area (Å²) < 4.78 is 0. The SMILES string of the molecule is CCCC(C(=O)Nc1cccc(N2CCN(CC3CC3)CC2)c1)c1ccccc1.